The van der Waals surface area contributed by atoms with Gasteiger partial charge in [0.25, 0.3) is 5.91 Å². The number of amides is 4. The van der Waals surface area contributed by atoms with Crippen LogP contribution >= 0.6 is 0 Å². The average molecular weight is 707 g/mol. The predicted octanol–water partition coefficient (Wildman–Crippen LogP) is 2.25. The predicted molar refractivity (Wildman–Crippen MR) is 189 cm³/mol. The van der Waals surface area contributed by atoms with Crippen LogP contribution in [0.4, 0.5) is 21.2 Å². The molecule has 0 aliphatic carbocycles. The molecule has 268 valence electrons. The van der Waals surface area contributed by atoms with Gasteiger partial charge in [0.1, 0.15) is 0 Å². The van der Waals surface area contributed by atoms with Crippen molar-refractivity contribution in [1.29, 1.82) is 0 Å². The number of likely N-dealkylation sites (tertiary alicyclic amines) is 1. The highest BCUT2D eigenvalue weighted by Crippen LogP contribution is 2.61. The van der Waals surface area contributed by atoms with Crippen LogP contribution in [0.3, 0.4) is 0 Å². The van der Waals surface area contributed by atoms with Crippen LogP contribution in [0.5, 0.6) is 0 Å². The van der Waals surface area contributed by atoms with Crippen molar-refractivity contribution in [3.8, 4) is 0 Å². The number of halogens is 1. The fourth-order valence-electron chi connectivity index (χ4n) is 8.93. The zero-order chi connectivity index (χ0) is 35.4. The van der Waals surface area contributed by atoms with Gasteiger partial charge < -0.3 is 44.2 Å². The summed E-state index contributed by atoms with van der Waals surface area (Å²) in [7, 11) is -3.53. The van der Waals surface area contributed by atoms with Crippen molar-refractivity contribution in [3.05, 3.63) is 53.6 Å². The smallest absolute Gasteiger partial charge is 0.264 e. The number of carbonyl (C=O) groups excluding carboxylic acids is 4. The van der Waals surface area contributed by atoms with E-state index in [1.807, 2.05) is 49.4 Å². The van der Waals surface area contributed by atoms with Crippen LogP contribution in [0.1, 0.15) is 37.3 Å². The van der Waals surface area contributed by atoms with E-state index in [1.165, 1.54) is 0 Å². The number of fused-ring (bicyclic) bond motifs is 2. The molecule has 2 aromatic carbocycles. The zero-order valence-corrected chi connectivity index (χ0v) is 30.0. The van der Waals surface area contributed by atoms with E-state index in [1.54, 1.807) is 32.7 Å². The lowest BCUT2D eigenvalue weighted by molar-refractivity contribution is -0.150. The first-order valence-corrected chi connectivity index (χ1v) is 20.7. The van der Waals surface area contributed by atoms with Crippen LogP contribution in [0.15, 0.2) is 42.5 Å². The van der Waals surface area contributed by atoms with E-state index in [4.69, 9.17) is 4.74 Å². The highest BCUT2D eigenvalue weighted by Gasteiger charge is 2.67. The van der Waals surface area contributed by atoms with Crippen LogP contribution in [-0.2, 0) is 36.1 Å². The Morgan fingerprint density at radius 3 is 2.24 bits per heavy atom. The van der Waals surface area contributed by atoms with Crippen molar-refractivity contribution in [1.82, 2.24) is 15.5 Å². The number of benzene rings is 2. The number of piperazine rings is 2. The summed E-state index contributed by atoms with van der Waals surface area (Å²) < 4.78 is 23.3. The second kappa shape index (κ2) is 13.5. The Balaban J connectivity index is 1.26. The standard InChI is InChI=1S/C36H47FN6O6Si/c1-23-34(50(2,3)37)30(18-31(45)40-14-4-5-27(40)22-44)49-36(23)28-17-26(42-16-13-39-20-33(42)47)10-11-29(28)43(35(36)48)21-24-6-8-25(9-7-24)41-15-12-38-19-32(41)46/h6-11,17,23,27,30,34,38-39,44H,4-5,12-16,18-22H2,1-3H3/t23-,27+,30+,34-,36+/m1/s1. The number of anilines is 3. The van der Waals surface area contributed by atoms with Crippen LogP contribution in [0, 0.1) is 5.92 Å². The number of carbonyl (C=O) groups is 4. The van der Waals surface area contributed by atoms with E-state index in [0.29, 0.717) is 56.1 Å². The third kappa shape index (κ3) is 5.94. The Kier molecular flexibility index (Phi) is 9.35. The Labute approximate surface area is 293 Å². The van der Waals surface area contributed by atoms with Gasteiger partial charge in [-0.25, -0.2) is 0 Å². The van der Waals surface area contributed by atoms with Crippen molar-refractivity contribution >= 4 is 49.1 Å². The second-order valence-electron chi connectivity index (χ2n) is 14.7. The Morgan fingerprint density at radius 1 is 0.980 bits per heavy atom. The fourth-order valence-corrected chi connectivity index (χ4v) is 11.4. The minimum absolute atomic E-state index is 0.000674. The van der Waals surface area contributed by atoms with Crippen molar-refractivity contribution in [2.75, 3.05) is 67.1 Å². The lowest BCUT2D eigenvalue weighted by Gasteiger charge is -2.32. The number of nitrogens with zero attached hydrogens (tertiary/aromatic N) is 4. The SMILES string of the molecule is C[C@@H]1[C@@H]([Si](C)(C)F)[C@H](CC(=O)N2CCC[C@H]2CO)O[C@@]12C(=O)N(Cc1ccc(N3CCNCC3=O)cc1)c1ccc(N3CCNCC3=O)cc12. The van der Waals surface area contributed by atoms with E-state index < -0.39 is 31.6 Å². The van der Waals surface area contributed by atoms with Crippen molar-refractivity contribution in [3.63, 3.8) is 0 Å². The van der Waals surface area contributed by atoms with Crippen LogP contribution in [0.25, 0.3) is 0 Å². The van der Waals surface area contributed by atoms with Crippen molar-refractivity contribution < 1.29 is 33.1 Å². The van der Waals surface area contributed by atoms with E-state index in [9.17, 15) is 24.3 Å². The molecule has 0 saturated carbocycles. The second-order valence-corrected chi connectivity index (χ2v) is 18.5. The van der Waals surface area contributed by atoms with Crippen LogP contribution in [0.2, 0.25) is 18.6 Å². The number of hydrogen-bond acceptors (Lipinski definition) is 8. The molecule has 0 bridgehead atoms. The van der Waals surface area contributed by atoms with Gasteiger partial charge in [0.2, 0.25) is 26.1 Å². The van der Waals surface area contributed by atoms with Gasteiger partial charge in [-0.2, -0.15) is 0 Å². The average Bonchev–Trinajstić information content (AvgIpc) is 3.76. The van der Waals surface area contributed by atoms with Crippen LogP contribution < -0.4 is 25.3 Å². The maximum atomic E-state index is 16.5. The maximum absolute atomic E-state index is 16.5. The van der Waals surface area contributed by atoms with E-state index in [2.05, 4.69) is 10.6 Å². The molecule has 14 heteroatoms. The summed E-state index contributed by atoms with van der Waals surface area (Å²) in [4.78, 5) is 60.9. The summed E-state index contributed by atoms with van der Waals surface area (Å²) in [6.07, 6.45) is 0.567. The van der Waals surface area contributed by atoms with E-state index >= 15 is 4.11 Å². The van der Waals surface area contributed by atoms with Crippen LogP contribution in [-0.4, -0.2) is 107 Å². The molecule has 5 heterocycles. The lowest BCUT2D eigenvalue weighted by atomic mass is 9.82. The molecular formula is C36H47FN6O6Si. The molecule has 1 spiro atoms. The molecule has 4 fully saturated rings. The topological polar surface area (TPSA) is 135 Å². The van der Waals surface area contributed by atoms with Crippen molar-refractivity contribution in [2.24, 2.45) is 5.92 Å². The van der Waals surface area contributed by atoms with Gasteiger partial charge in [0.05, 0.1) is 50.5 Å². The molecule has 7 rings (SSSR count). The first-order chi connectivity index (χ1) is 23.9. The summed E-state index contributed by atoms with van der Waals surface area (Å²) in [5.41, 5.74) is 1.23. The van der Waals surface area contributed by atoms with Gasteiger partial charge in [0.15, 0.2) is 5.60 Å². The third-order valence-electron chi connectivity index (χ3n) is 11.3. The number of hydrogen-bond donors (Lipinski definition) is 3. The first-order valence-electron chi connectivity index (χ1n) is 17.8. The zero-order valence-electron chi connectivity index (χ0n) is 29.0. The minimum atomic E-state index is -3.53. The fraction of sp³-hybridized carbons (Fsp3) is 0.556. The summed E-state index contributed by atoms with van der Waals surface area (Å²) in [6, 6.07) is 12.8. The number of aliphatic hydroxyl groups excluding tert-OH is 1. The lowest BCUT2D eigenvalue weighted by Crippen LogP contribution is -2.48. The number of aliphatic hydroxyl groups is 1. The highest BCUT2D eigenvalue weighted by molar-refractivity contribution is 6.72. The molecule has 5 aliphatic rings. The largest absolute Gasteiger partial charge is 0.394 e. The highest BCUT2D eigenvalue weighted by atomic mass is 28.4. The molecule has 3 N–H and O–H groups in total. The normalized spacial score (nSPS) is 28.7. The maximum Gasteiger partial charge on any atom is 0.264 e. The minimum Gasteiger partial charge on any atom is -0.394 e. The summed E-state index contributed by atoms with van der Waals surface area (Å²) >= 11 is 0. The molecular weight excluding hydrogens is 660 g/mol. The summed E-state index contributed by atoms with van der Waals surface area (Å²) in [5.74, 6) is -1.22. The molecule has 0 radical (unpaired) electrons. The monoisotopic (exact) mass is 706 g/mol. The Hall–Kier alpha value is -3.69. The number of rotatable bonds is 8. The van der Waals surface area contributed by atoms with Gasteiger partial charge in [-0.15, -0.1) is 0 Å². The van der Waals surface area contributed by atoms with Gasteiger partial charge in [-0.3, -0.25) is 19.2 Å². The summed E-state index contributed by atoms with van der Waals surface area (Å²) in [6.45, 7) is 8.55. The molecule has 4 saturated heterocycles. The number of nitrogens with one attached hydrogen (secondary N) is 2. The van der Waals surface area contributed by atoms with Gasteiger partial charge in [-0.05, 0) is 61.8 Å². The first kappa shape index (κ1) is 34.7. The van der Waals surface area contributed by atoms with Gasteiger partial charge in [-0.1, -0.05) is 19.1 Å². The van der Waals surface area contributed by atoms with E-state index in [-0.39, 0.29) is 62.3 Å². The molecule has 5 aliphatic heterocycles. The Morgan fingerprint density at radius 2 is 1.62 bits per heavy atom. The molecule has 2 aromatic rings. The quantitative estimate of drug-likeness (QED) is 0.281. The van der Waals surface area contributed by atoms with Crippen molar-refractivity contribution in [2.45, 2.75) is 69.1 Å². The molecule has 0 unspecified atom stereocenters. The molecule has 12 nitrogen and oxygen atoms in total. The summed E-state index contributed by atoms with van der Waals surface area (Å²) in [5, 5.41) is 16.1. The third-order valence-corrected chi connectivity index (χ3v) is 13.8. The van der Waals surface area contributed by atoms with Gasteiger partial charge >= 0.3 is 0 Å². The molecule has 50 heavy (non-hydrogen) atoms. The molecule has 4 amide bonds. The van der Waals surface area contributed by atoms with E-state index in [0.717, 1.165) is 17.7 Å². The molecule has 0 aromatic heterocycles. The van der Waals surface area contributed by atoms with Gasteiger partial charge in [0, 0.05) is 61.1 Å². The Bertz CT molecular complexity index is 1670. The molecule has 5 atom stereocenters. The number of ether oxygens (including phenoxy) is 1.